The lowest BCUT2D eigenvalue weighted by atomic mass is 10.2. The summed E-state index contributed by atoms with van der Waals surface area (Å²) in [6.45, 7) is 0. The van der Waals surface area contributed by atoms with E-state index in [0.29, 0.717) is 5.56 Å². The molecule has 1 aromatic heterocycles. The van der Waals surface area contributed by atoms with Gasteiger partial charge in [0.25, 0.3) is 0 Å². The fourth-order valence-corrected chi connectivity index (χ4v) is 2.25. The van der Waals surface area contributed by atoms with Crippen LogP contribution in [0.5, 0.6) is 5.75 Å². The fourth-order valence-electron chi connectivity index (χ4n) is 1.41. The summed E-state index contributed by atoms with van der Waals surface area (Å²) in [5, 5.41) is 16.2. The van der Waals surface area contributed by atoms with Gasteiger partial charge in [0.15, 0.2) is 5.78 Å². The van der Waals surface area contributed by atoms with Crippen molar-refractivity contribution < 1.29 is 19.5 Å². The van der Waals surface area contributed by atoms with Crippen molar-refractivity contribution in [3.63, 3.8) is 0 Å². The lowest BCUT2D eigenvalue weighted by Crippen LogP contribution is -2.20. The van der Waals surface area contributed by atoms with Crippen molar-refractivity contribution in [1.82, 2.24) is 14.9 Å². The SMILES string of the molecule is O=P(O)(O)C(Nn1cnnc1)c1ccc(O)cc1. The van der Waals surface area contributed by atoms with E-state index < -0.39 is 13.4 Å². The van der Waals surface area contributed by atoms with Crippen molar-refractivity contribution in [3.8, 4) is 5.75 Å². The molecular weight excluding hydrogens is 259 g/mol. The van der Waals surface area contributed by atoms with Gasteiger partial charge in [-0.05, 0) is 17.7 Å². The lowest BCUT2D eigenvalue weighted by molar-refractivity contribution is 0.359. The zero-order valence-electron chi connectivity index (χ0n) is 9.08. The smallest absolute Gasteiger partial charge is 0.353 e. The Kier molecular flexibility index (Phi) is 3.33. The number of hydrogen-bond acceptors (Lipinski definition) is 5. The molecule has 2 aromatic rings. The number of benzene rings is 1. The van der Waals surface area contributed by atoms with Crippen LogP contribution in [0.2, 0.25) is 0 Å². The normalized spacial score (nSPS) is 13.2. The van der Waals surface area contributed by atoms with Gasteiger partial charge in [-0.2, -0.15) is 0 Å². The molecule has 1 atom stereocenters. The largest absolute Gasteiger partial charge is 0.508 e. The predicted molar refractivity (Wildman–Crippen MR) is 62.3 cm³/mol. The van der Waals surface area contributed by atoms with Gasteiger partial charge < -0.3 is 20.3 Å². The summed E-state index contributed by atoms with van der Waals surface area (Å²) in [6.07, 6.45) is 2.56. The lowest BCUT2D eigenvalue weighted by Gasteiger charge is -2.21. The Morgan fingerprint density at radius 1 is 1.17 bits per heavy atom. The van der Waals surface area contributed by atoms with E-state index in [1.807, 2.05) is 0 Å². The van der Waals surface area contributed by atoms with Crippen molar-refractivity contribution in [3.05, 3.63) is 42.5 Å². The number of phenols is 1. The second kappa shape index (κ2) is 4.77. The zero-order chi connectivity index (χ0) is 13.2. The van der Waals surface area contributed by atoms with Crippen LogP contribution < -0.4 is 5.43 Å². The Morgan fingerprint density at radius 2 is 1.72 bits per heavy atom. The maximum atomic E-state index is 11.5. The summed E-state index contributed by atoms with van der Waals surface area (Å²) in [7, 11) is -4.42. The molecule has 0 aliphatic heterocycles. The van der Waals surface area contributed by atoms with Gasteiger partial charge in [0.2, 0.25) is 0 Å². The number of hydrogen-bond donors (Lipinski definition) is 4. The van der Waals surface area contributed by atoms with Crippen molar-refractivity contribution in [2.45, 2.75) is 5.78 Å². The first-order valence-electron chi connectivity index (χ1n) is 4.92. The van der Waals surface area contributed by atoms with E-state index in [1.165, 1.54) is 41.6 Å². The van der Waals surface area contributed by atoms with E-state index in [4.69, 9.17) is 5.11 Å². The van der Waals surface area contributed by atoms with E-state index in [-0.39, 0.29) is 5.75 Å². The van der Waals surface area contributed by atoms with Gasteiger partial charge in [-0.25, -0.2) is 4.68 Å². The number of aromatic nitrogens is 3. The molecular formula is C9H11N4O4P. The molecule has 0 fully saturated rings. The van der Waals surface area contributed by atoms with Crippen LogP contribution in [-0.2, 0) is 4.57 Å². The molecule has 96 valence electrons. The van der Waals surface area contributed by atoms with E-state index in [1.54, 1.807) is 0 Å². The van der Waals surface area contributed by atoms with Gasteiger partial charge in [-0.15, -0.1) is 10.2 Å². The van der Waals surface area contributed by atoms with E-state index in [9.17, 15) is 14.4 Å². The number of nitrogens with one attached hydrogen (secondary N) is 1. The number of rotatable bonds is 4. The highest BCUT2D eigenvalue weighted by molar-refractivity contribution is 7.52. The quantitative estimate of drug-likeness (QED) is 0.593. The second-order valence-corrected chi connectivity index (χ2v) is 5.28. The molecule has 1 heterocycles. The minimum Gasteiger partial charge on any atom is -0.508 e. The summed E-state index contributed by atoms with van der Waals surface area (Å²) in [5.74, 6) is -1.22. The van der Waals surface area contributed by atoms with Gasteiger partial charge >= 0.3 is 7.60 Å². The summed E-state index contributed by atoms with van der Waals surface area (Å²) >= 11 is 0. The van der Waals surface area contributed by atoms with Crippen molar-refractivity contribution >= 4 is 7.60 Å². The third kappa shape index (κ3) is 2.86. The Morgan fingerprint density at radius 3 is 2.22 bits per heavy atom. The van der Waals surface area contributed by atoms with Gasteiger partial charge in [0.1, 0.15) is 18.4 Å². The first-order valence-corrected chi connectivity index (χ1v) is 6.60. The summed E-state index contributed by atoms with van der Waals surface area (Å²) in [5.41, 5.74) is 2.92. The molecule has 0 amide bonds. The molecule has 2 rings (SSSR count). The molecule has 0 radical (unpaired) electrons. The van der Waals surface area contributed by atoms with Gasteiger partial charge in [0.05, 0.1) is 0 Å². The third-order valence-corrected chi connectivity index (χ3v) is 3.32. The second-order valence-electron chi connectivity index (χ2n) is 3.58. The van der Waals surface area contributed by atoms with Crippen molar-refractivity contribution in [2.75, 3.05) is 5.43 Å². The number of phenolic OH excluding ortho intramolecular Hbond substituents is 1. The van der Waals surface area contributed by atoms with E-state index in [0.717, 1.165) is 0 Å². The first kappa shape index (κ1) is 12.6. The molecule has 1 aromatic carbocycles. The fraction of sp³-hybridized carbons (Fsp3) is 0.111. The van der Waals surface area contributed by atoms with Crippen LogP contribution in [0.1, 0.15) is 11.3 Å². The van der Waals surface area contributed by atoms with E-state index >= 15 is 0 Å². The highest BCUT2D eigenvalue weighted by Crippen LogP contribution is 2.50. The molecule has 0 saturated carbocycles. The van der Waals surface area contributed by atoms with Crippen LogP contribution in [0.15, 0.2) is 36.9 Å². The monoisotopic (exact) mass is 270 g/mol. The van der Waals surface area contributed by atoms with Gasteiger partial charge in [-0.3, -0.25) is 4.57 Å². The zero-order valence-corrected chi connectivity index (χ0v) is 9.97. The maximum absolute atomic E-state index is 11.5. The minimum absolute atomic E-state index is 0.0208. The Hall–Kier alpha value is -1.89. The average Bonchev–Trinajstić information content (AvgIpc) is 2.79. The topological polar surface area (TPSA) is 121 Å². The van der Waals surface area contributed by atoms with Crippen LogP contribution in [-0.4, -0.2) is 29.8 Å². The standard InChI is InChI=1S/C9H11N4O4P/c14-8-3-1-7(2-4-8)9(18(15,16)17)12-13-5-10-11-6-13/h1-6,9,12,14H,(H2,15,16,17). The third-order valence-electron chi connectivity index (χ3n) is 2.24. The molecule has 0 spiro atoms. The molecule has 0 saturated heterocycles. The van der Waals surface area contributed by atoms with Gasteiger partial charge in [0, 0.05) is 0 Å². The van der Waals surface area contributed by atoms with Crippen LogP contribution >= 0.6 is 7.60 Å². The predicted octanol–water partition coefficient (Wildman–Crippen LogP) is 0.404. The Bertz CT molecular complexity index is 550. The molecule has 0 aliphatic rings. The highest BCUT2D eigenvalue weighted by atomic mass is 31.2. The molecule has 9 heteroatoms. The van der Waals surface area contributed by atoms with Crippen molar-refractivity contribution in [2.24, 2.45) is 0 Å². The molecule has 8 nitrogen and oxygen atoms in total. The molecule has 0 bridgehead atoms. The Labute approximate surface area is 102 Å². The van der Waals surface area contributed by atoms with Crippen LogP contribution in [0.3, 0.4) is 0 Å². The number of nitrogens with zero attached hydrogens (tertiary/aromatic N) is 3. The summed E-state index contributed by atoms with van der Waals surface area (Å²) in [6, 6.07) is 5.56. The Balaban J connectivity index is 2.31. The van der Waals surface area contributed by atoms with Crippen LogP contribution in [0.25, 0.3) is 0 Å². The van der Waals surface area contributed by atoms with Crippen LogP contribution in [0.4, 0.5) is 0 Å². The molecule has 0 aliphatic carbocycles. The van der Waals surface area contributed by atoms with Crippen molar-refractivity contribution in [1.29, 1.82) is 0 Å². The first-order chi connectivity index (χ1) is 8.47. The van der Waals surface area contributed by atoms with Crippen LogP contribution in [0, 0.1) is 0 Å². The summed E-state index contributed by atoms with van der Waals surface area (Å²) < 4.78 is 12.7. The summed E-state index contributed by atoms with van der Waals surface area (Å²) in [4.78, 5) is 18.7. The average molecular weight is 270 g/mol. The van der Waals surface area contributed by atoms with E-state index in [2.05, 4.69) is 15.6 Å². The highest BCUT2D eigenvalue weighted by Gasteiger charge is 2.30. The molecule has 18 heavy (non-hydrogen) atoms. The number of aromatic hydroxyl groups is 1. The van der Waals surface area contributed by atoms with Gasteiger partial charge in [-0.1, -0.05) is 12.1 Å². The molecule has 4 N–H and O–H groups in total. The maximum Gasteiger partial charge on any atom is 0.353 e. The molecule has 1 unspecified atom stereocenters. The minimum atomic E-state index is -4.42.